The Balaban J connectivity index is 0.000000229. The lowest BCUT2D eigenvalue weighted by atomic mass is 10.1. The fraction of sp³-hybridized carbons (Fsp3) is 0.295. The predicted molar refractivity (Wildman–Crippen MR) is 274 cm³/mol. The first-order chi connectivity index (χ1) is 39.0. The number of carboxylic acids is 1. The van der Waals surface area contributed by atoms with Crippen LogP contribution < -0.4 is 44.0 Å². The topological polar surface area (TPSA) is 346 Å². The molecule has 0 spiro atoms. The summed E-state index contributed by atoms with van der Waals surface area (Å²) in [6, 6.07) is 9.68. The van der Waals surface area contributed by atoms with E-state index >= 15 is 0 Å². The van der Waals surface area contributed by atoms with Crippen molar-refractivity contribution in [2.75, 3.05) is 30.6 Å². The number of fused-ring (bicyclic) bond motifs is 1. The number of aromatic nitrogens is 7. The highest BCUT2D eigenvalue weighted by Gasteiger charge is 2.30. The van der Waals surface area contributed by atoms with Gasteiger partial charge in [0.2, 0.25) is 28.5 Å². The molecular weight excluding hydrogens is 1240 g/mol. The zero-order valence-electron chi connectivity index (χ0n) is 42.3. The van der Waals surface area contributed by atoms with Crippen LogP contribution in [-0.4, -0.2) is 120 Å². The Bertz CT molecular complexity index is 3680. The van der Waals surface area contributed by atoms with Gasteiger partial charge in [0.1, 0.15) is 22.2 Å². The molecule has 26 nitrogen and oxygen atoms in total. The molecule has 0 saturated carbocycles. The molecule has 83 heavy (non-hydrogen) atoms. The quantitative estimate of drug-likeness (QED) is 0.0332. The Hall–Kier alpha value is -8.23. The summed E-state index contributed by atoms with van der Waals surface area (Å²) in [6.45, 7) is -3.99. The number of carbonyl (C=O) groups is 4. The largest absolute Gasteiger partial charge is 0.478 e. The van der Waals surface area contributed by atoms with Crippen molar-refractivity contribution in [1.82, 2.24) is 43.7 Å². The Labute approximate surface area is 475 Å². The minimum absolute atomic E-state index is 0.0605. The molecule has 1 aliphatic rings. The van der Waals surface area contributed by atoms with E-state index in [2.05, 4.69) is 49.4 Å². The number of hydrogen-bond donors (Lipinski definition) is 5. The van der Waals surface area contributed by atoms with Crippen LogP contribution in [0.1, 0.15) is 41.0 Å². The van der Waals surface area contributed by atoms with E-state index < -0.39 is 115 Å². The number of aromatic carboxylic acids is 1. The van der Waals surface area contributed by atoms with E-state index in [4.69, 9.17) is 21.4 Å². The third kappa shape index (κ3) is 20.0. The van der Waals surface area contributed by atoms with Gasteiger partial charge in [0, 0.05) is 24.4 Å². The van der Waals surface area contributed by atoms with E-state index in [9.17, 15) is 75.9 Å². The van der Waals surface area contributed by atoms with Gasteiger partial charge in [-0.3, -0.25) is 24.9 Å². The van der Waals surface area contributed by atoms with Crippen molar-refractivity contribution in [3.05, 3.63) is 109 Å². The van der Waals surface area contributed by atoms with Gasteiger partial charge >= 0.3 is 54.3 Å². The van der Waals surface area contributed by atoms with Crippen LogP contribution in [-0.2, 0) is 49.1 Å². The van der Waals surface area contributed by atoms with Gasteiger partial charge in [-0.15, -0.1) is 11.8 Å². The first kappa shape index (κ1) is 65.6. The fourth-order valence-electron chi connectivity index (χ4n) is 6.53. The molecule has 0 saturated heterocycles. The van der Waals surface area contributed by atoms with E-state index in [-0.39, 0.29) is 44.7 Å². The Morgan fingerprint density at radius 1 is 0.807 bits per heavy atom. The summed E-state index contributed by atoms with van der Waals surface area (Å²) in [5, 5.41) is 13.0. The number of nitrogens with zero attached hydrogens (tertiary/aromatic N) is 8. The van der Waals surface area contributed by atoms with Crippen LogP contribution in [0.3, 0.4) is 0 Å². The first-order valence-corrected chi connectivity index (χ1v) is 27.9. The van der Waals surface area contributed by atoms with Crippen molar-refractivity contribution in [1.29, 1.82) is 0 Å². The zero-order chi connectivity index (χ0) is 61.4. The lowest BCUT2D eigenvalue weighted by Gasteiger charge is -2.15. The van der Waals surface area contributed by atoms with Gasteiger partial charge in [-0.25, -0.2) is 54.7 Å². The summed E-state index contributed by atoms with van der Waals surface area (Å²) >= 11 is 8.17. The number of hydrogen-bond acceptors (Lipinski definition) is 21. The van der Waals surface area contributed by atoms with E-state index in [1.165, 1.54) is 62.3 Å². The summed E-state index contributed by atoms with van der Waals surface area (Å²) < 4.78 is 174. The van der Waals surface area contributed by atoms with Crippen molar-refractivity contribution >= 4 is 96.3 Å². The van der Waals surface area contributed by atoms with Gasteiger partial charge in [0.15, 0.2) is 0 Å². The molecule has 448 valence electrons. The SMILES string of the molecule is COC(=O)CSc1cc(/N=c2\sc(=O)n3n2CCCC3)c(F)cc1Cl.COc1nc(C)nc(NC(=O)NS(=O)(=O)c2ccccc2CCC(F)(F)F)n1.O=C(Nc1nc(OC(F)F)cc(OC(F)F)n1)NS(=O)(=O)c1ccccc1C(=O)O. The van der Waals surface area contributed by atoms with Gasteiger partial charge < -0.3 is 24.1 Å². The van der Waals surface area contributed by atoms with Crippen LogP contribution in [0.4, 0.5) is 62.3 Å². The smallest absolute Gasteiger partial charge is 0.389 e. The average Bonchev–Trinajstić information content (AvgIpc) is 4.02. The molecule has 3 aromatic carbocycles. The minimum Gasteiger partial charge on any atom is -0.478 e. The molecular formula is C44H41ClF8N12O14S4. The average molecular weight is 1280 g/mol. The molecule has 1 aliphatic heterocycles. The highest BCUT2D eigenvalue weighted by molar-refractivity contribution is 8.00. The number of anilines is 2. The zero-order valence-corrected chi connectivity index (χ0v) is 46.3. The van der Waals surface area contributed by atoms with Gasteiger partial charge in [0.05, 0.1) is 41.5 Å². The van der Waals surface area contributed by atoms with Crippen LogP contribution in [0.25, 0.3) is 0 Å². The van der Waals surface area contributed by atoms with Gasteiger partial charge in [-0.05, 0) is 73.4 Å². The summed E-state index contributed by atoms with van der Waals surface area (Å²) in [7, 11) is -6.56. The molecule has 0 bridgehead atoms. The Morgan fingerprint density at radius 2 is 1.36 bits per heavy atom. The molecule has 3 aromatic heterocycles. The van der Waals surface area contributed by atoms with E-state index in [1.807, 2.05) is 0 Å². The number of alkyl halides is 7. The number of sulfonamides is 2. The molecule has 5 N–H and O–H groups in total. The van der Waals surface area contributed by atoms with Crippen LogP contribution in [0.15, 0.2) is 91.2 Å². The van der Waals surface area contributed by atoms with Gasteiger partial charge in [0.25, 0.3) is 20.0 Å². The lowest BCUT2D eigenvalue weighted by Crippen LogP contribution is -2.35. The maximum Gasteiger partial charge on any atom is 0.389 e. The van der Waals surface area contributed by atoms with E-state index in [0.29, 0.717) is 28.9 Å². The predicted octanol–water partition coefficient (Wildman–Crippen LogP) is 6.88. The van der Waals surface area contributed by atoms with Crippen LogP contribution in [0.5, 0.6) is 17.8 Å². The van der Waals surface area contributed by atoms with Gasteiger partial charge in [-0.1, -0.05) is 41.9 Å². The number of methoxy groups -OCH3 is 2. The Kier molecular flexibility index (Phi) is 23.0. The molecule has 7 rings (SSSR count). The fourth-order valence-corrected chi connectivity index (χ4v) is 10.8. The summed E-state index contributed by atoms with van der Waals surface area (Å²) in [6.07, 6.45) is -4.30. The summed E-state index contributed by atoms with van der Waals surface area (Å²) in [5.41, 5.74) is -0.633. The number of benzene rings is 3. The molecule has 0 unspecified atom stereocenters. The van der Waals surface area contributed by atoms with Crippen LogP contribution in [0, 0.1) is 12.7 Å². The first-order valence-electron chi connectivity index (χ1n) is 22.7. The van der Waals surface area contributed by atoms with Crippen molar-refractivity contribution in [2.45, 2.75) is 79.8 Å². The standard InChI is InChI=1S/C15H15ClFN3O3S2.C15H16F3N5O4S.C14H10F4N4O7S/c1-23-13(21)8-24-12-7-11(10(17)6-9(12)16)18-14-19-4-2-3-5-20(19)15(22)25-14;1-9-19-12(22-14(20-9)27-2)21-13(24)23-28(25,26)11-6-4-3-5-10(11)7-8-15(16,17)18;15-11(16)28-8-5-9(29-12(17)18)20-13(19-8)21-14(25)22-30(26,27)7-4-2-1-3-6(7)10(23)24/h6-7H,2-5,8H2,1H3;3-6H,7-8H2,1-2H3,(H2,19,20,21,22,23,24);1-5,11-12H,(H,23,24)(H2,19,20,21,22,25)/b18-14-;;. The number of ether oxygens (including phenoxy) is 4. The number of rotatable bonds is 18. The highest BCUT2D eigenvalue weighted by atomic mass is 35.5. The third-order valence-corrected chi connectivity index (χ3v) is 15.1. The summed E-state index contributed by atoms with van der Waals surface area (Å²) in [4.78, 5) is 80.3. The molecule has 0 radical (unpaired) electrons. The molecule has 0 fully saturated rings. The lowest BCUT2D eigenvalue weighted by molar-refractivity contribution is -0.137. The summed E-state index contributed by atoms with van der Waals surface area (Å²) in [5.74, 6) is -5.43. The van der Waals surface area contributed by atoms with E-state index in [1.54, 1.807) is 19.4 Å². The normalized spacial score (nSPS) is 12.4. The van der Waals surface area contributed by atoms with Crippen LogP contribution >= 0.6 is 34.7 Å². The number of carboxylic acid groups (broad SMARTS) is 1. The Morgan fingerprint density at radius 3 is 1.93 bits per heavy atom. The maximum absolute atomic E-state index is 14.3. The molecule has 39 heteroatoms. The monoisotopic (exact) mass is 1280 g/mol. The molecule has 6 aromatic rings. The number of halogens is 9. The van der Waals surface area contributed by atoms with Crippen molar-refractivity contribution in [3.8, 4) is 17.8 Å². The molecule has 0 aliphatic carbocycles. The second kappa shape index (κ2) is 29.1. The van der Waals surface area contributed by atoms with Crippen molar-refractivity contribution in [2.24, 2.45) is 4.99 Å². The second-order valence-corrected chi connectivity index (χ2v) is 21.4. The van der Waals surface area contributed by atoms with Crippen LogP contribution in [0.2, 0.25) is 5.02 Å². The molecule has 0 atom stereocenters. The number of aryl methyl sites for hydroxylation is 2. The number of nitrogens with one attached hydrogen (secondary N) is 4. The second-order valence-electron chi connectivity index (χ2n) is 15.8. The van der Waals surface area contributed by atoms with Gasteiger partial charge in [-0.2, -0.15) is 55.7 Å². The molecule has 4 heterocycles. The number of carbonyl (C=O) groups excluding carboxylic acids is 3. The number of esters is 1. The molecule has 4 amide bonds. The maximum atomic E-state index is 14.3. The number of amides is 4. The van der Waals surface area contributed by atoms with Crippen molar-refractivity contribution < 1.29 is 95.2 Å². The van der Waals surface area contributed by atoms with Crippen molar-refractivity contribution in [3.63, 3.8) is 0 Å². The highest BCUT2D eigenvalue weighted by Crippen LogP contribution is 2.33. The van der Waals surface area contributed by atoms with E-state index in [0.717, 1.165) is 60.2 Å². The minimum atomic E-state index is -4.71. The third-order valence-electron chi connectivity index (χ3n) is 9.94. The number of urea groups is 2. The number of thioether (sulfide) groups is 1.